The Bertz CT molecular complexity index is 1420. The number of alkyl halides is 2. The molecule has 2 saturated heterocycles. The number of aliphatic imine (C=N–C) groups is 1. The van der Waals surface area contributed by atoms with E-state index in [4.69, 9.17) is 19.6 Å². The van der Waals surface area contributed by atoms with Crippen molar-refractivity contribution in [3.63, 3.8) is 0 Å². The quantitative estimate of drug-likeness (QED) is 0.365. The molecule has 0 aliphatic carbocycles. The topological polar surface area (TPSA) is 117 Å². The Hall–Kier alpha value is -3.33. The van der Waals surface area contributed by atoms with Gasteiger partial charge in [0.15, 0.2) is 16.9 Å². The molecule has 3 aliphatic rings. The van der Waals surface area contributed by atoms with E-state index in [-0.39, 0.29) is 31.9 Å². The number of carbonyl (C=O) groups is 2. The molecule has 0 spiro atoms. The van der Waals surface area contributed by atoms with Crippen LogP contribution in [0, 0.1) is 12.7 Å². The van der Waals surface area contributed by atoms with Gasteiger partial charge in [0.2, 0.25) is 0 Å². The van der Waals surface area contributed by atoms with Crippen molar-refractivity contribution < 1.29 is 37.3 Å². The first kappa shape index (κ1) is 31.1. The number of halogens is 3. The van der Waals surface area contributed by atoms with Gasteiger partial charge in [-0.25, -0.2) is 27.7 Å². The number of fused-ring (bicyclic) bond motifs is 1. The minimum Gasteiger partial charge on any atom is -0.479 e. The number of nitrogens with zero attached hydrogens (tertiary/aromatic N) is 4. The number of ether oxygens (including phenoxy) is 2. The lowest BCUT2D eigenvalue weighted by Crippen LogP contribution is -2.46. The van der Waals surface area contributed by atoms with Crippen molar-refractivity contribution in [2.24, 2.45) is 4.99 Å². The molecular weight excluding hydrogens is 587 g/mol. The average Bonchev–Trinajstić information content (AvgIpc) is 3.69. The van der Waals surface area contributed by atoms with Crippen molar-refractivity contribution >= 4 is 29.1 Å². The van der Waals surface area contributed by atoms with Crippen molar-refractivity contribution in [2.45, 2.75) is 57.3 Å². The van der Waals surface area contributed by atoms with Gasteiger partial charge in [0, 0.05) is 43.0 Å². The number of aromatic nitrogens is 1. The first-order valence-electron chi connectivity index (χ1n) is 14.1. The number of carbonyl (C=O) groups excluding carboxylic acids is 1. The van der Waals surface area contributed by atoms with E-state index in [0.717, 1.165) is 0 Å². The van der Waals surface area contributed by atoms with Crippen molar-refractivity contribution in [1.82, 2.24) is 20.1 Å². The lowest BCUT2D eigenvalue weighted by molar-refractivity contribution is -0.149. The van der Waals surface area contributed by atoms with Crippen LogP contribution in [0.4, 0.5) is 13.2 Å². The number of aliphatic carboxylic acids is 1. The zero-order valence-electron chi connectivity index (χ0n) is 24.1. The summed E-state index contributed by atoms with van der Waals surface area (Å²) in [5.74, 6) is -4.95. The highest BCUT2D eigenvalue weighted by Crippen LogP contribution is 2.43. The number of nitrogens with one attached hydrogen (secondary N) is 1. The van der Waals surface area contributed by atoms with Crippen LogP contribution in [0.3, 0.4) is 0 Å². The van der Waals surface area contributed by atoms with Crippen LogP contribution < -0.4 is 5.32 Å². The Kier molecular flexibility index (Phi) is 9.20. The zero-order chi connectivity index (χ0) is 30.9. The molecule has 43 heavy (non-hydrogen) atoms. The van der Waals surface area contributed by atoms with Gasteiger partial charge in [0.05, 0.1) is 31.4 Å². The molecule has 0 radical (unpaired) electrons. The lowest BCUT2D eigenvalue weighted by Gasteiger charge is -2.31. The van der Waals surface area contributed by atoms with Gasteiger partial charge in [0.25, 0.3) is 5.92 Å². The third-order valence-electron chi connectivity index (χ3n) is 8.10. The molecule has 2 fully saturated rings. The van der Waals surface area contributed by atoms with E-state index >= 15 is 8.78 Å². The minimum absolute atomic E-state index is 0.00872. The molecule has 3 aliphatic heterocycles. The highest BCUT2D eigenvalue weighted by Gasteiger charge is 2.59. The Morgan fingerprint density at radius 2 is 2.09 bits per heavy atom. The first-order chi connectivity index (χ1) is 20.5. The summed E-state index contributed by atoms with van der Waals surface area (Å²) in [6.45, 7) is 4.75. The van der Waals surface area contributed by atoms with Gasteiger partial charge >= 0.3 is 11.9 Å². The monoisotopic (exact) mass is 621 g/mol. The molecular formula is C29H34F3N5O5S. The summed E-state index contributed by atoms with van der Waals surface area (Å²) < 4.78 is 56.5. The highest BCUT2D eigenvalue weighted by atomic mass is 32.1. The van der Waals surface area contributed by atoms with Crippen LogP contribution in [0.1, 0.15) is 42.4 Å². The number of hydrogen-bond donors (Lipinski definition) is 2. The number of likely N-dealkylation sites (tertiary alicyclic amines) is 2. The second-order valence-corrected chi connectivity index (χ2v) is 11.7. The third-order valence-corrected chi connectivity index (χ3v) is 8.88. The summed E-state index contributed by atoms with van der Waals surface area (Å²) in [6, 6.07) is 1.99. The molecule has 2 aromatic rings. The van der Waals surface area contributed by atoms with Gasteiger partial charge in [-0.05, 0) is 44.4 Å². The van der Waals surface area contributed by atoms with E-state index in [0.29, 0.717) is 40.6 Å². The van der Waals surface area contributed by atoms with Gasteiger partial charge < -0.3 is 19.9 Å². The fourth-order valence-electron chi connectivity index (χ4n) is 6.06. The van der Waals surface area contributed by atoms with Crippen LogP contribution in [-0.2, 0) is 19.1 Å². The number of esters is 1. The molecule has 4 heterocycles. The zero-order valence-corrected chi connectivity index (χ0v) is 24.9. The normalized spacial score (nSPS) is 24.4. The van der Waals surface area contributed by atoms with Crippen LogP contribution in [0.5, 0.6) is 0 Å². The van der Waals surface area contributed by atoms with E-state index in [9.17, 15) is 14.0 Å². The number of thiazole rings is 1. The van der Waals surface area contributed by atoms with Crippen molar-refractivity contribution in [3.05, 3.63) is 63.0 Å². The lowest BCUT2D eigenvalue weighted by atomic mass is 9.92. The van der Waals surface area contributed by atoms with Crippen LogP contribution in [-0.4, -0.2) is 101 Å². The maximum atomic E-state index is 15.6. The van der Waals surface area contributed by atoms with Crippen LogP contribution in [0.2, 0.25) is 0 Å². The van der Waals surface area contributed by atoms with Gasteiger partial charge in [-0.3, -0.25) is 14.8 Å². The molecule has 1 aromatic heterocycles. The fourth-order valence-corrected chi connectivity index (χ4v) is 6.65. The fraction of sp³-hybridized carbons (Fsp3) is 0.517. The number of benzene rings is 1. The van der Waals surface area contributed by atoms with Gasteiger partial charge in [-0.2, -0.15) is 0 Å². The van der Waals surface area contributed by atoms with Crippen molar-refractivity contribution in [1.29, 1.82) is 0 Å². The first-order valence-corrected chi connectivity index (χ1v) is 15.0. The minimum atomic E-state index is -3.07. The molecule has 1 unspecified atom stereocenters. The summed E-state index contributed by atoms with van der Waals surface area (Å²) >= 11 is 1.32. The van der Waals surface area contributed by atoms with Crippen molar-refractivity contribution in [3.8, 4) is 0 Å². The van der Waals surface area contributed by atoms with Crippen LogP contribution >= 0.6 is 11.3 Å². The summed E-state index contributed by atoms with van der Waals surface area (Å²) in [5.41, 5.74) is 1.26. The molecule has 4 atom stereocenters. The summed E-state index contributed by atoms with van der Waals surface area (Å²) in [4.78, 5) is 36.9. The van der Waals surface area contributed by atoms with Crippen LogP contribution in [0.15, 0.2) is 46.0 Å². The molecule has 14 heteroatoms. The van der Waals surface area contributed by atoms with Crippen molar-refractivity contribution in [2.75, 3.05) is 39.4 Å². The molecule has 0 bridgehead atoms. The SMILES string of the molecule is CCOC(=O)C1=C(CN2CC(F)(F)[C@H]3[C@@H]2CCN3CCOC(C)C(=O)O)NC(c2nccs2)=N[C@H]1c1cccc(F)c1C. The number of amidine groups is 1. The van der Waals surface area contributed by atoms with Gasteiger partial charge in [0.1, 0.15) is 11.9 Å². The molecule has 2 N–H and O–H groups in total. The average molecular weight is 622 g/mol. The largest absolute Gasteiger partial charge is 0.479 e. The Morgan fingerprint density at radius 3 is 2.79 bits per heavy atom. The molecule has 0 saturated carbocycles. The summed E-state index contributed by atoms with van der Waals surface area (Å²) in [5, 5.41) is 14.5. The molecule has 5 rings (SSSR count). The van der Waals surface area contributed by atoms with Gasteiger partial charge in [-0.1, -0.05) is 12.1 Å². The number of hydrogen-bond acceptors (Lipinski definition) is 10. The second-order valence-electron chi connectivity index (χ2n) is 10.8. The maximum Gasteiger partial charge on any atom is 0.338 e. The van der Waals surface area contributed by atoms with E-state index in [1.165, 1.54) is 24.3 Å². The molecule has 0 amide bonds. The van der Waals surface area contributed by atoms with E-state index in [2.05, 4.69) is 10.3 Å². The smallest absolute Gasteiger partial charge is 0.338 e. The van der Waals surface area contributed by atoms with Gasteiger partial charge in [-0.15, -0.1) is 11.3 Å². The number of rotatable bonds is 11. The molecule has 232 valence electrons. The van der Waals surface area contributed by atoms with E-state index < -0.39 is 54.5 Å². The van der Waals surface area contributed by atoms with E-state index in [1.807, 2.05) is 0 Å². The van der Waals surface area contributed by atoms with E-state index in [1.54, 1.807) is 47.4 Å². The summed E-state index contributed by atoms with van der Waals surface area (Å²) in [6.07, 6.45) is 1.03. The molecule has 10 nitrogen and oxygen atoms in total. The molecule has 1 aromatic carbocycles. The predicted octanol–water partition coefficient (Wildman–Crippen LogP) is 3.38. The third kappa shape index (κ3) is 6.33. The maximum absolute atomic E-state index is 15.6. The summed E-state index contributed by atoms with van der Waals surface area (Å²) in [7, 11) is 0. The Morgan fingerprint density at radius 1 is 1.30 bits per heavy atom. The number of carboxylic acids is 1. The number of carboxylic acid groups (broad SMARTS) is 1. The Balaban J connectivity index is 1.47. The van der Waals surface area contributed by atoms with Crippen LogP contribution in [0.25, 0.3) is 0 Å². The highest BCUT2D eigenvalue weighted by molar-refractivity contribution is 7.11. The predicted molar refractivity (Wildman–Crippen MR) is 153 cm³/mol. The standard InChI is InChI=1S/C29H34F3N5O5S/c1-4-41-28(40)22-20(34-25(26-33-9-13-43-26)35-23(22)18-6-5-7-19(30)16(18)2)14-37-15-29(31,32)24-21(37)8-10-36(24)11-12-42-17(3)27(38)39/h5-7,9,13,17,21,23-24H,4,8,10-12,14-15H2,1-3H3,(H,34,35)(H,38,39)/t17?,21-,23-,24+/m0/s1. The second kappa shape index (κ2) is 12.7. The Labute approximate surface area is 251 Å².